The molecule has 0 aromatic carbocycles. The van der Waals surface area contributed by atoms with E-state index in [4.69, 9.17) is 18.9 Å². The summed E-state index contributed by atoms with van der Waals surface area (Å²) in [4.78, 5) is 25.1. The molecular weight excluding hydrogens is 640 g/mol. The topological polar surface area (TPSA) is 152 Å². The summed E-state index contributed by atoms with van der Waals surface area (Å²) < 4.78 is 22.0. The molecule has 0 aromatic heterocycles. The summed E-state index contributed by atoms with van der Waals surface area (Å²) in [6, 6.07) is 0. The van der Waals surface area contributed by atoms with E-state index in [2.05, 4.69) is 50.3 Å². The molecule has 1 aliphatic heterocycles. The fourth-order valence-corrected chi connectivity index (χ4v) is 5.60. The first-order valence-electron chi connectivity index (χ1n) is 19.6. The van der Waals surface area contributed by atoms with Crippen molar-refractivity contribution in [3.05, 3.63) is 36.5 Å². The summed E-state index contributed by atoms with van der Waals surface area (Å²) >= 11 is 0. The highest BCUT2D eigenvalue weighted by Crippen LogP contribution is 2.22. The number of hydrogen-bond acceptors (Lipinski definition) is 10. The average Bonchev–Trinajstić information content (AvgIpc) is 3.11. The summed E-state index contributed by atoms with van der Waals surface area (Å²) in [7, 11) is 0. The normalized spacial score (nSPS) is 21.8. The molecule has 6 atom stereocenters. The molecule has 10 nitrogen and oxygen atoms in total. The number of rotatable bonds is 31. The van der Waals surface area contributed by atoms with E-state index in [0.29, 0.717) is 12.8 Å². The number of carbonyl (C=O) groups is 2. The number of esters is 2. The first-order chi connectivity index (χ1) is 24.3. The Bertz CT molecular complexity index is 918. The maximum Gasteiger partial charge on any atom is 0.306 e. The summed E-state index contributed by atoms with van der Waals surface area (Å²) in [5.74, 6) is -0.855. The van der Waals surface area contributed by atoms with Crippen LogP contribution in [0, 0.1) is 0 Å². The number of unbranched alkanes of at least 4 members (excludes halogenated alkanes) is 14. The van der Waals surface area contributed by atoms with Gasteiger partial charge in [0.05, 0.1) is 13.2 Å². The third kappa shape index (κ3) is 23.4. The van der Waals surface area contributed by atoms with Gasteiger partial charge in [0.25, 0.3) is 0 Å². The van der Waals surface area contributed by atoms with Crippen molar-refractivity contribution in [3.8, 4) is 0 Å². The molecule has 1 aliphatic rings. The molecule has 0 aromatic rings. The fraction of sp³-hybridized carbons (Fsp3) is 0.800. The molecule has 0 bridgehead atoms. The number of aliphatic hydroxyl groups is 4. The molecule has 1 fully saturated rings. The molecule has 0 aliphatic carbocycles. The lowest BCUT2D eigenvalue weighted by Gasteiger charge is -2.39. The molecule has 0 radical (unpaired) electrons. The zero-order valence-corrected chi connectivity index (χ0v) is 31.1. The maximum atomic E-state index is 12.7. The highest BCUT2D eigenvalue weighted by Gasteiger charge is 2.44. The Hall–Kier alpha value is -2.08. The van der Waals surface area contributed by atoms with Crippen molar-refractivity contribution in [2.24, 2.45) is 0 Å². The molecule has 0 amide bonds. The quantitative estimate of drug-likeness (QED) is 0.0331. The summed E-state index contributed by atoms with van der Waals surface area (Å²) in [6.07, 6.45) is 25.9. The van der Waals surface area contributed by atoms with Gasteiger partial charge in [0.1, 0.15) is 31.0 Å². The Morgan fingerprint density at radius 2 is 1.12 bits per heavy atom. The van der Waals surface area contributed by atoms with E-state index in [0.717, 1.165) is 51.4 Å². The molecule has 4 N–H and O–H groups in total. The van der Waals surface area contributed by atoms with Crippen LogP contribution in [0.3, 0.4) is 0 Å². The van der Waals surface area contributed by atoms with Gasteiger partial charge in [0, 0.05) is 12.8 Å². The minimum atomic E-state index is -1.60. The lowest BCUT2D eigenvalue weighted by atomic mass is 9.99. The van der Waals surface area contributed by atoms with Gasteiger partial charge in [-0.1, -0.05) is 121 Å². The largest absolute Gasteiger partial charge is 0.462 e. The van der Waals surface area contributed by atoms with E-state index < -0.39 is 55.4 Å². The predicted molar refractivity (Wildman–Crippen MR) is 196 cm³/mol. The monoisotopic (exact) mass is 710 g/mol. The van der Waals surface area contributed by atoms with Crippen LogP contribution in [0.2, 0.25) is 0 Å². The number of ether oxygens (including phenoxy) is 4. The van der Waals surface area contributed by atoms with Gasteiger partial charge >= 0.3 is 11.9 Å². The third-order valence-corrected chi connectivity index (χ3v) is 8.78. The minimum absolute atomic E-state index is 0.223. The molecule has 10 heteroatoms. The second-order valence-electron chi connectivity index (χ2n) is 13.4. The van der Waals surface area contributed by atoms with Crippen LogP contribution < -0.4 is 0 Å². The highest BCUT2D eigenvalue weighted by molar-refractivity contribution is 5.70. The van der Waals surface area contributed by atoms with E-state index in [1.54, 1.807) is 0 Å². The van der Waals surface area contributed by atoms with Crippen LogP contribution >= 0.6 is 0 Å². The van der Waals surface area contributed by atoms with Crippen LogP contribution in [0.4, 0.5) is 0 Å². The smallest absolute Gasteiger partial charge is 0.306 e. The first-order valence-corrected chi connectivity index (χ1v) is 19.6. The molecule has 2 unspecified atom stereocenters. The Balaban J connectivity index is 2.42. The summed E-state index contributed by atoms with van der Waals surface area (Å²) in [5, 5.41) is 39.9. The second-order valence-corrected chi connectivity index (χ2v) is 13.4. The van der Waals surface area contributed by atoms with Gasteiger partial charge < -0.3 is 39.4 Å². The minimum Gasteiger partial charge on any atom is -0.462 e. The number of carbonyl (C=O) groups excluding carboxylic acids is 2. The van der Waals surface area contributed by atoms with E-state index in [9.17, 15) is 30.0 Å². The number of aliphatic hydroxyl groups excluding tert-OH is 4. The van der Waals surface area contributed by atoms with Crippen LogP contribution in [0.1, 0.15) is 149 Å². The van der Waals surface area contributed by atoms with Gasteiger partial charge in [0.15, 0.2) is 12.4 Å². The number of hydrogen-bond donors (Lipinski definition) is 4. The lowest BCUT2D eigenvalue weighted by molar-refractivity contribution is -0.305. The fourth-order valence-electron chi connectivity index (χ4n) is 5.60. The van der Waals surface area contributed by atoms with Crippen molar-refractivity contribution in [1.82, 2.24) is 0 Å². The molecule has 290 valence electrons. The Kier molecular flexibility index (Phi) is 29.1. The molecule has 50 heavy (non-hydrogen) atoms. The van der Waals surface area contributed by atoms with Crippen molar-refractivity contribution in [2.45, 2.75) is 185 Å². The average molecular weight is 711 g/mol. The van der Waals surface area contributed by atoms with Gasteiger partial charge in [-0.3, -0.25) is 9.59 Å². The molecule has 1 rings (SSSR count). The van der Waals surface area contributed by atoms with Gasteiger partial charge in [-0.05, 0) is 51.4 Å². The van der Waals surface area contributed by atoms with Crippen LogP contribution in [0.15, 0.2) is 36.5 Å². The molecule has 0 saturated carbocycles. The van der Waals surface area contributed by atoms with Crippen molar-refractivity contribution < 1.29 is 49.0 Å². The second kappa shape index (κ2) is 31.6. The standard InChI is InChI=1S/C40H70O10/c1-3-5-7-9-11-13-15-16-17-18-19-21-22-24-26-28-35(42)47-31-33(32-48-40-39(46)38(45)37(44)34(30-41)50-40)49-36(43)29-27-25-23-20-14-12-10-8-6-4-2/h11,13,16-17,19,21,33-34,37-41,44-46H,3-10,12,14-15,18,20,22-32H2,1-2H3/b13-11+,17-16+,21-19+/t33-,34-,37+,38?,39?,40-/m0/s1. The van der Waals surface area contributed by atoms with E-state index in [-0.39, 0.29) is 26.1 Å². The Labute approximate surface area is 302 Å². The Morgan fingerprint density at radius 1 is 0.620 bits per heavy atom. The Morgan fingerprint density at radius 3 is 1.72 bits per heavy atom. The van der Waals surface area contributed by atoms with Crippen LogP contribution in [-0.4, -0.2) is 89.0 Å². The van der Waals surface area contributed by atoms with Crippen LogP contribution in [0.5, 0.6) is 0 Å². The lowest BCUT2D eigenvalue weighted by Crippen LogP contribution is -2.59. The van der Waals surface area contributed by atoms with Crippen molar-refractivity contribution >= 4 is 11.9 Å². The summed E-state index contributed by atoms with van der Waals surface area (Å²) in [5.41, 5.74) is 0. The highest BCUT2D eigenvalue weighted by atomic mass is 16.7. The zero-order valence-electron chi connectivity index (χ0n) is 31.1. The van der Waals surface area contributed by atoms with E-state index in [1.807, 2.05) is 0 Å². The molecule has 0 spiro atoms. The molecule has 1 heterocycles. The van der Waals surface area contributed by atoms with Gasteiger partial charge in [-0.25, -0.2) is 0 Å². The van der Waals surface area contributed by atoms with Gasteiger partial charge in [-0.2, -0.15) is 0 Å². The van der Waals surface area contributed by atoms with Crippen molar-refractivity contribution in [3.63, 3.8) is 0 Å². The first kappa shape index (κ1) is 45.9. The van der Waals surface area contributed by atoms with Gasteiger partial charge in [-0.15, -0.1) is 0 Å². The SMILES string of the molecule is CCCCC/C=C/C/C=C/C/C=C/CCCCC(=O)OC[C@@H](CO[C@H]1O[C@@H](CO)[C@@H](O)C(O)C1O)OC(=O)CCCCCCCCCCCC. The van der Waals surface area contributed by atoms with E-state index in [1.165, 1.54) is 57.8 Å². The number of allylic oxidation sites excluding steroid dienone is 6. The zero-order chi connectivity index (χ0) is 36.7. The third-order valence-electron chi connectivity index (χ3n) is 8.78. The maximum absolute atomic E-state index is 12.7. The van der Waals surface area contributed by atoms with Crippen LogP contribution in [0.25, 0.3) is 0 Å². The van der Waals surface area contributed by atoms with Crippen LogP contribution in [-0.2, 0) is 28.5 Å². The van der Waals surface area contributed by atoms with Crippen molar-refractivity contribution in [2.75, 3.05) is 19.8 Å². The predicted octanol–water partition coefficient (Wildman–Crippen LogP) is 7.16. The van der Waals surface area contributed by atoms with E-state index >= 15 is 0 Å². The van der Waals surface area contributed by atoms with Crippen molar-refractivity contribution in [1.29, 1.82) is 0 Å². The van der Waals surface area contributed by atoms with Gasteiger partial charge in [0.2, 0.25) is 0 Å². The molecular formula is C40H70O10. The molecule has 1 saturated heterocycles. The summed E-state index contributed by atoms with van der Waals surface area (Å²) in [6.45, 7) is 3.31.